The normalized spacial score (nSPS) is 10.4. The van der Waals surface area contributed by atoms with E-state index in [0.29, 0.717) is 0 Å². The Labute approximate surface area is 104 Å². The molecule has 1 aromatic heterocycles. The van der Waals surface area contributed by atoms with Crippen molar-refractivity contribution in [2.24, 2.45) is 0 Å². The highest BCUT2D eigenvalue weighted by Gasteiger charge is 2.13. The van der Waals surface area contributed by atoms with Gasteiger partial charge in [-0.3, -0.25) is 4.79 Å². The van der Waals surface area contributed by atoms with E-state index in [0.717, 1.165) is 15.3 Å². The maximum atomic E-state index is 12.2. The van der Waals surface area contributed by atoms with Gasteiger partial charge in [0.15, 0.2) is 5.78 Å². The van der Waals surface area contributed by atoms with Crippen molar-refractivity contribution in [3.05, 3.63) is 52.4 Å². The van der Waals surface area contributed by atoms with E-state index in [2.05, 4.69) is 0 Å². The lowest BCUT2D eigenvalue weighted by Crippen LogP contribution is -2.00. The molecule has 2 rings (SSSR count). The zero-order chi connectivity index (χ0) is 11.5. The molecular formula is C13H12OS2. The number of ketones is 1. The molecule has 0 unspecified atom stereocenters. The molecule has 1 nitrogen and oxygen atoms in total. The van der Waals surface area contributed by atoms with Gasteiger partial charge in [0.25, 0.3) is 0 Å². The maximum absolute atomic E-state index is 12.2. The quantitative estimate of drug-likeness (QED) is 0.603. The smallest absolute Gasteiger partial charge is 0.195 e. The minimum atomic E-state index is 0.116. The summed E-state index contributed by atoms with van der Waals surface area (Å²) in [5.41, 5.74) is 2.76. The third-order valence-corrected chi connectivity index (χ3v) is 4.46. The molecule has 1 aromatic carbocycles. The molecule has 1 heterocycles. The average Bonchev–Trinajstić information content (AvgIpc) is 2.77. The second-order valence-electron chi connectivity index (χ2n) is 3.52. The lowest BCUT2D eigenvalue weighted by atomic mass is 10.0. The second-order valence-corrected chi connectivity index (χ2v) is 5.51. The van der Waals surface area contributed by atoms with Gasteiger partial charge < -0.3 is 0 Å². The zero-order valence-electron chi connectivity index (χ0n) is 9.19. The summed E-state index contributed by atoms with van der Waals surface area (Å²) in [6.45, 7) is 2.02. The Morgan fingerprint density at radius 2 is 1.88 bits per heavy atom. The number of hydrogen-bond donors (Lipinski definition) is 0. The summed E-state index contributed by atoms with van der Waals surface area (Å²) in [6.07, 6.45) is 2.00. The van der Waals surface area contributed by atoms with Gasteiger partial charge in [0.05, 0.1) is 4.21 Å². The fourth-order valence-electron chi connectivity index (χ4n) is 1.48. The topological polar surface area (TPSA) is 17.1 Å². The molecule has 0 radical (unpaired) electrons. The summed E-state index contributed by atoms with van der Waals surface area (Å²) >= 11 is 3.24. The number of carbonyl (C=O) groups excluding carboxylic acids is 1. The molecule has 0 aliphatic carbocycles. The first kappa shape index (κ1) is 11.4. The van der Waals surface area contributed by atoms with Crippen LogP contribution in [0.4, 0.5) is 0 Å². The summed E-state index contributed by atoms with van der Waals surface area (Å²) in [4.78, 5) is 12.2. The van der Waals surface area contributed by atoms with Crippen LogP contribution in [-0.4, -0.2) is 12.0 Å². The first-order valence-electron chi connectivity index (χ1n) is 4.95. The van der Waals surface area contributed by atoms with E-state index in [9.17, 15) is 4.79 Å². The molecular weight excluding hydrogens is 236 g/mol. The molecule has 0 fully saturated rings. The van der Waals surface area contributed by atoms with E-state index in [1.165, 1.54) is 5.56 Å². The van der Waals surface area contributed by atoms with Crippen molar-refractivity contribution in [2.45, 2.75) is 11.1 Å². The van der Waals surface area contributed by atoms with Gasteiger partial charge in [-0.1, -0.05) is 29.8 Å². The molecule has 0 spiro atoms. The number of rotatable bonds is 3. The van der Waals surface area contributed by atoms with Crippen LogP contribution in [-0.2, 0) is 0 Å². The van der Waals surface area contributed by atoms with Crippen molar-refractivity contribution in [2.75, 3.05) is 6.26 Å². The summed E-state index contributed by atoms with van der Waals surface area (Å²) in [7, 11) is 0. The summed E-state index contributed by atoms with van der Waals surface area (Å²) in [5, 5.41) is 1.97. The molecule has 16 heavy (non-hydrogen) atoms. The predicted molar refractivity (Wildman–Crippen MR) is 70.7 cm³/mol. The average molecular weight is 248 g/mol. The molecule has 82 valence electrons. The number of thiophene rings is 1. The Bertz CT molecular complexity index is 497. The van der Waals surface area contributed by atoms with Crippen LogP contribution < -0.4 is 0 Å². The van der Waals surface area contributed by atoms with Gasteiger partial charge in [-0.2, -0.15) is 0 Å². The standard InChI is InChI=1S/C13H12OS2/c1-9-3-5-10(6-4-9)12(14)11-7-8-16-13(11)15-2/h3-8H,1-2H3. The van der Waals surface area contributed by atoms with Gasteiger partial charge in [0, 0.05) is 11.1 Å². The fraction of sp³-hybridized carbons (Fsp3) is 0.154. The Balaban J connectivity index is 2.35. The summed E-state index contributed by atoms with van der Waals surface area (Å²) in [6, 6.07) is 9.62. The monoisotopic (exact) mass is 248 g/mol. The van der Waals surface area contributed by atoms with Crippen LogP contribution in [0, 0.1) is 6.92 Å². The van der Waals surface area contributed by atoms with Crippen LogP contribution in [0.15, 0.2) is 39.9 Å². The molecule has 0 atom stereocenters. The van der Waals surface area contributed by atoms with Gasteiger partial charge in [-0.15, -0.1) is 23.1 Å². The van der Waals surface area contributed by atoms with Gasteiger partial charge in [-0.05, 0) is 24.6 Å². The molecule has 0 N–H and O–H groups in total. The minimum Gasteiger partial charge on any atom is -0.289 e. The van der Waals surface area contributed by atoms with Crippen LogP contribution in [0.2, 0.25) is 0 Å². The maximum Gasteiger partial charge on any atom is 0.195 e. The first-order valence-corrected chi connectivity index (χ1v) is 7.05. The number of carbonyl (C=O) groups is 1. The number of benzene rings is 1. The van der Waals surface area contributed by atoms with Crippen molar-refractivity contribution in [3.63, 3.8) is 0 Å². The van der Waals surface area contributed by atoms with Gasteiger partial charge in [0.2, 0.25) is 0 Å². The van der Waals surface area contributed by atoms with E-state index < -0.39 is 0 Å². The van der Waals surface area contributed by atoms with Crippen LogP contribution in [0.5, 0.6) is 0 Å². The largest absolute Gasteiger partial charge is 0.289 e. The number of thioether (sulfide) groups is 1. The van der Waals surface area contributed by atoms with Gasteiger partial charge in [0.1, 0.15) is 0 Å². The van der Waals surface area contributed by atoms with E-state index in [-0.39, 0.29) is 5.78 Å². The molecule has 0 amide bonds. The first-order chi connectivity index (χ1) is 7.72. The van der Waals surface area contributed by atoms with E-state index >= 15 is 0 Å². The number of aryl methyl sites for hydroxylation is 1. The predicted octanol–water partition coefficient (Wildman–Crippen LogP) is 4.01. The molecule has 0 saturated carbocycles. The molecule has 3 heteroatoms. The van der Waals surface area contributed by atoms with Gasteiger partial charge in [-0.25, -0.2) is 0 Å². The summed E-state index contributed by atoms with van der Waals surface area (Å²) in [5.74, 6) is 0.116. The van der Waals surface area contributed by atoms with Crippen molar-refractivity contribution in [1.82, 2.24) is 0 Å². The SMILES string of the molecule is CSc1sccc1C(=O)c1ccc(C)cc1. The van der Waals surface area contributed by atoms with E-state index in [1.807, 2.05) is 48.9 Å². The molecule has 2 aromatic rings. The Morgan fingerprint density at radius 1 is 1.19 bits per heavy atom. The van der Waals surface area contributed by atoms with E-state index in [1.54, 1.807) is 23.1 Å². The minimum absolute atomic E-state index is 0.116. The van der Waals surface area contributed by atoms with Crippen LogP contribution in [0.3, 0.4) is 0 Å². The highest BCUT2D eigenvalue weighted by Crippen LogP contribution is 2.28. The van der Waals surface area contributed by atoms with Crippen molar-refractivity contribution in [3.8, 4) is 0 Å². The lowest BCUT2D eigenvalue weighted by Gasteiger charge is -2.01. The van der Waals surface area contributed by atoms with Crippen LogP contribution in [0.1, 0.15) is 21.5 Å². The molecule has 0 aliphatic rings. The second kappa shape index (κ2) is 4.85. The fourth-order valence-corrected chi connectivity index (χ4v) is 3.03. The molecule has 0 aliphatic heterocycles. The third-order valence-electron chi connectivity index (χ3n) is 2.37. The van der Waals surface area contributed by atoms with Crippen molar-refractivity contribution in [1.29, 1.82) is 0 Å². The van der Waals surface area contributed by atoms with Crippen LogP contribution in [0.25, 0.3) is 0 Å². The highest BCUT2D eigenvalue weighted by atomic mass is 32.2. The Kier molecular flexibility index (Phi) is 3.46. The molecule has 0 saturated heterocycles. The third kappa shape index (κ3) is 2.20. The summed E-state index contributed by atoms with van der Waals surface area (Å²) < 4.78 is 1.09. The van der Waals surface area contributed by atoms with Crippen LogP contribution >= 0.6 is 23.1 Å². The Hall–Kier alpha value is -1.06. The lowest BCUT2D eigenvalue weighted by molar-refractivity contribution is 0.103. The highest BCUT2D eigenvalue weighted by molar-refractivity contribution is 8.00. The van der Waals surface area contributed by atoms with Crippen molar-refractivity contribution < 1.29 is 4.79 Å². The van der Waals surface area contributed by atoms with Gasteiger partial charge >= 0.3 is 0 Å². The Morgan fingerprint density at radius 3 is 2.50 bits per heavy atom. The zero-order valence-corrected chi connectivity index (χ0v) is 10.8. The molecule has 0 bridgehead atoms. The van der Waals surface area contributed by atoms with E-state index in [4.69, 9.17) is 0 Å². The number of hydrogen-bond acceptors (Lipinski definition) is 3. The van der Waals surface area contributed by atoms with Crippen molar-refractivity contribution >= 4 is 28.9 Å².